The zero-order chi connectivity index (χ0) is 14.9. The number of aryl methyl sites for hydroxylation is 1. The minimum Gasteiger partial charge on any atom is -0.481 e. The third-order valence-corrected chi connectivity index (χ3v) is 4.47. The molecule has 4 heteroatoms. The molecule has 2 N–H and O–H groups in total. The number of nitrogens with one attached hydrogen (secondary N) is 1. The second-order valence-corrected chi connectivity index (χ2v) is 5.95. The Labute approximate surface area is 124 Å². The first-order chi connectivity index (χ1) is 10.1. The van der Waals surface area contributed by atoms with Gasteiger partial charge in [-0.05, 0) is 57.0 Å². The van der Waals surface area contributed by atoms with Gasteiger partial charge in [0, 0.05) is 11.1 Å². The molecule has 0 aliphatic carbocycles. The second kappa shape index (κ2) is 5.45. The van der Waals surface area contributed by atoms with Gasteiger partial charge in [0.25, 0.3) is 0 Å². The van der Waals surface area contributed by atoms with E-state index >= 15 is 0 Å². The lowest BCUT2D eigenvalue weighted by Gasteiger charge is -2.34. The molecule has 1 aliphatic heterocycles. The summed E-state index contributed by atoms with van der Waals surface area (Å²) in [5.41, 5.74) is 2.34. The molecule has 0 unspecified atom stereocenters. The van der Waals surface area contributed by atoms with Crippen LogP contribution in [0.3, 0.4) is 0 Å². The van der Waals surface area contributed by atoms with Crippen LogP contribution in [0.4, 0.5) is 0 Å². The molecule has 4 nitrogen and oxygen atoms in total. The molecule has 0 atom stereocenters. The van der Waals surface area contributed by atoms with Crippen molar-refractivity contribution >= 4 is 16.9 Å². The van der Waals surface area contributed by atoms with E-state index in [2.05, 4.69) is 10.3 Å². The molecule has 1 aliphatic rings. The van der Waals surface area contributed by atoms with Gasteiger partial charge in [0.15, 0.2) is 0 Å². The highest BCUT2D eigenvalue weighted by Gasteiger charge is 2.40. The van der Waals surface area contributed by atoms with Crippen LogP contribution in [0, 0.1) is 12.3 Å². The average Bonchev–Trinajstić information content (AvgIpc) is 2.48. The molecule has 0 bridgehead atoms. The summed E-state index contributed by atoms with van der Waals surface area (Å²) >= 11 is 0. The van der Waals surface area contributed by atoms with Crippen LogP contribution in [0.25, 0.3) is 10.9 Å². The summed E-state index contributed by atoms with van der Waals surface area (Å²) in [5.74, 6) is -0.678. The third kappa shape index (κ3) is 2.63. The van der Waals surface area contributed by atoms with Crippen molar-refractivity contribution in [2.24, 2.45) is 5.41 Å². The fourth-order valence-electron chi connectivity index (χ4n) is 3.28. The zero-order valence-electron chi connectivity index (χ0n) is 12.2. The van der Waals surface area contributed by atoms with Gasteiger partial charge in [0.05, 0.1) is 10.9 Å². The van der Waals surface area contributed by atoms with Crippen LogP contribution in [-0.4, -0.2) is 29.1 Å². The summed E-state index contributed by atoms with van der Waals surface area (Å²) in [6.07, 6.45) is 1.93. The van der Waals surface area contributed by atoms with Crippen molar-refractivity contribution in [3.05, 3.63) is 41.6 Å². The van der Waals surface area contributed by atoms with Gasteiger partial charge in [-0.1, -0.05) is 18.2 Å². The summed E-state index contributed by atoms with van der Waals surface area (Å²) in [6, 6.07) is 10.0. The van der Waals surface area contributed by atoms with E-state index in [4.69, 9.17) is 0 Å². The number of hydrogen-bond donors (Lipinski definition) is 2. The number of para-hydroxylation sites is 1. The quantitative estimate of drug-likeness (QED) is 0.909. The monoisotopic (exact) mass is 284 g/mol. The Morgan fingerprint density at radius 1 is 1.33 bits per heavy atom. The van der Waals surface area contributed by atoms with E-state index in [0.29, 0.717) is 19.3 Å². The first kappa shape index (κ1) is 14.0. The molecule has 1 aromatic carbocycles. The molecule has 110 valence electrons. The Morgan fingerprint density at radius 3 is 2.76 bits per heavy atom. The van der Waals surface area contributed by atoms with Crippen LogP contribution in [0.2, 0.25) is 0 Å². The van der Waals surface area contributed by atoms with Crippen molar-refractivity contribution in [1.29, 1.82) is 0 Å². The number of piperidine rings is 1. The topological polar surface area (TPSA) is 62.2 Å². The number of aliphatic carboxylic acids is 1. The average molecular weight is 284 g/mol. The van der Waals surface area contributed by atoms with Gasteiger partial charge in [-0.25, -0.2) is 0 Å². The minimum atomic E-state index is -0.678. The van der Waals surface area contributed by atoms with Crippen LogP contribution in [-0.2, 0) is 11.2 Å². The first-order valence-corrected chi connectivity index (χ1v) is 7.40. The van der Waals surface area contributed by atoms with Crippen molar-refractivity contribution in [2.45, 2.75) is 26.2 Å². The maximum absolute atomic E-state index is 11.9. The standard InChI is InChI=1S/C17H20N2O2/c1-12-10-13(14-4-2-3-5-15(14)19-12)11-17(16(20)21)6-8-18-9-7-17/h2-5,10,18H,6-9,11H2,1H3,(H,20,21). The van der Waals surface area contributed by atoms with Crippen molar-refractivity contribution in [3.63, 3.8) is 0 Å². The van der Waals surface area contributed by atoms with Crippen molar-refractivity contribution < 1.29 is 9.90 Å². The van der Waals surface area contributed by atoms with Crippen molar-refractivity contribution in [3.8, 4) is 0 Å². The predicted molar refractivity (Wildman–Crippen MR) is 82.4 cm³/mol. The number of benzene rings is 1. The molecule has 1 fully saturated rings. The van der Waals surface area contributed by atoms with Gasteiger partial charge < -0.3 is 10.4 Å². The number of rotatable bonds is 3. The van der Waals surface area contributed by atoms with Crippen LogP contribution in [0.1, 0.15) is 24.1 Å². The number of carboxylic acids is 1. The highest BCUT2D eigenvalue weighted by Crippen LogP contribution is 2.35. The largest absolute Gasteiger partial charge is 0.481 e. The molecule has 0 amide bonds. The van der Waals surface area contributed by atoms with E-state index in [1.165, 1.54) is 0 Å². The fourth-order valence-corrected chi connectivity index (χ4v) is 3.28. The molecule has 3 rings (SSSR count). The van der Waals surface area contributed by atoms with Gasteiger partial charge in [0.2, 0.25) is 0 Å². The molecule has 21 heavy (non-hydrogen) atoms. The van der Waals surface area contributed by atoms with Gasteiger partial charge in [-0.2, -0.15) is 0 Å². The van der Waals surface area contributed by atoms with Gasteiger partial charge in [-0.15, -0.1) is 0 Å². The smallest absolute Gasteiger partial charge is 0.310 e. The molecule has 0 spiro atoms. The predicted octanol–water partition coefficient (Wildman–Crippen LogP) is 2.54. The summed E-state index contributed by atoms with van der Waals surface area (Å²) < 4.78 is 0. The summed E-state index contributed by atoms with van der Waals surface area (Å²) in [7, 11) is 0. The maximum atomic E-state index is 11.9. The maximum Gasteiger partial charge on any atom is 0.310 e. The molecule has 0 radical (unpaired) electrons. The van der Waals surface area contributed by atoms with Gasteiger partial charge >= 0.3 is 5.97 Å². The van der Waals surface area contributed by atoms with E-state index in [1.54, 1.807) is 0 Å². The number of nitrogens with zero attached hydrogens (tertiary/aromatic N) is 1. The Morgan fingerprint density at radius 2 is 2.05 bits per heavy atom. The Bertz CT molecular complexity index is 676. The number of aromatic nitrogens is 1. The molecule has 0 saturated carbocycles. The van der Waals surface area contributed by atoms with Crippen LogP contribution < -0.4 is 5.32 Å². The van der Waals surface area contributed by atoms with Crippen molar-refractivity contribution in [2.75, 3.05) is 13.1 Å². The van der Waals surface area contributed by atoms with E-state index < -0.39 is 11.4 Å². The highest BCUT2D eigenvalue weighted by atomic mass is 16.4. The molecule has 1 aromatic heterocycles. The van der Waals surface area contributed by atoms with Crippen molar-refractivity contribution in [1.82, 2.24) is 10.3 Å². The van der Waals surface area contributed by atoms with E-state index in [0.717, 1.165) is 35.2 Å². The highest BCUT2D eigenvalue weighted by molar-refractivity contribution is 5.84. The van der Waals surface area contributed by atoms with Crippen LogP contribution >= 0.6 is 0 Å². The fraction of sp³-hybridized carbons (Fsp3) is 0.412. The summed E-state index contributed by atoms with van der Waals surface area (Å²) in [6.45, 7) is 3.51. The molecule has 2 aromatic rings. The lowest BCUT2D eigenvalue weighted by atomic mass is 9.74. The Balaban J connectivity index is 2.05. The SMILES string of the molecule is Cc1cc(CC2(C(=O)O)CCNCC2)c2ccccc2n1. The zero-order valence-corrected chi connectivity index (χ0v) is 12.2. The van der Waals surface area contributed by atoms with E-state index in [9.17, 15) is 9.90 Å². The number of carbonyl (C=O) groups is 1. The molecule has 2 heterocycles. The lowest BCUT2D eigenvalue weighted by molar-refractivity contribution is -0.150. The third-order valence-electron chi connectivity index (χ3n) is 4.47. The minimum absolute atomic E-state index is 0.577. The van der Waals surface area contributed by atoms with E-state index in [-0.39, 0.29) is 0 Å². The number of pyridine rings is 1. The molecular weight excluding hydrogens is 264 g/mol. The molecule has 1 saturated heterocycles. The van der Waals surface area contributed by atoms with Gasteiger partial charge in [-0.3, -0.25) is 9.78 Å². The first-order valence-electron chi connectivity index (χ1n) is 7.40. The Kier molecular flexibility index (Phi) is 3.64. The normalized spacial score (nSPS) is 17.8. The lowest BCUT2D eigenvalue weighted by Crippen LogP contribution is -2.43. The number of carboxylic acid groups (broad SMARTS) is 1. The van der Waals surface area contributed by atoms with Gasteiger partial charge in [0.1, 0.15) is 0 Å². The second-order valence-electron chi connectivity index (χ2n) is 5.95. The summed E-state index contributed by atoms with van der Waals surface area (Å²) in [4.78, 5) is 16.4. The van der Waals surface area contributed by atoms with Crippen LogP contribution in [0.15, 0.2) is 30.3 Å². The summed E-state index contributed by atoms with van der Waals surface area (Å²) in [5, 5.41) is 14.1. The number of fused-ring (bicyclic) bond motifs is 1. The molecular formula is C17H20N2O2. The van der Waals surface area contributed by atoms with E-state index in [1.807, 2.05) is 37.3 Å². The van der Waals surface area contributed by atoms with Crippen LogP contribution in [0.5, 0.6) is 0 Å². The Hall–Kier alpha value is -1.94. The number of hydrogen-bond acceptors (Lipinski definition) is 3.